The molecule has 2 heteroatoms. The first-order valence-corrected chi connectivity index (χ1v) is 10.1. The van der Waals surface area contributed by atoms with Gasteiger partial charge in [-0.05, 0) is 91.4 Å². The van der Waals surface area contributed by atoms with E-state index in [-0.39, 0.29) is 0 Å². The second kappa shape index (κ2) is 9.62. The van der Waals surface area contributed by atoms with Crippen molar-refractivity contribution < 1.29 is 0 Å². The predicted octanol–water partition coefficient (Wildman–Crippen LogP) is 7.72. The maximum absolute atomic E-state index is 4.65. The SMILES string of the molecule is C=CCCCC1CCC(c2ccc(-c3ccc(N=C=S)cc3)cc2)CC1. The lowest BCUT2D eigenvalue weighted by Gasteiger charge is -2.29. The lowest BCUT2D eigenvalue weighted by Crippen LogP contribution is -2.13. The number of thiocarbonyl (C=S) groups is 1. The molecule has 1 nitrogen and oxygen atoms in total. The number of nitrogens with zero attached hydrogens (tertiary/aromatic N) is 1. The molecular weight excluding hydrogens is 334 g/mol. The Bertz CT molecular complexity index is 746. The third-order valence-corrected chi connectivity index (χ3v) is 5.72. The van der Waals surface area contributed by atoms with Gasteiger partial charge in [-0.1, -0.05) is 48.9 Å². The topological polar surface area (TPSA) is 12.4 Å². The molecule has 0 saturated heterocycles. The number of rotatable bonds is 7. The summed E-state index contributed by atoms with van der Waals surface area (Å²) in [4.78, 5) is 4.01. The summed E-state index contributed by atoms with van der Waals surface area (Å²) in [6.45, 7) is 3.82. The van der Waals surface area contributed by atoms with E-state index in [1.165, 1.54) is 61.6 Å². The summed E-state index contributed by atoms with van der Waals surface area (Å²) in [6, 6.07) is 17.3. The molecule has 1 aliphatic carbocycles. The van der Waals surface area contributed by atoms with Gasteiger partial charge in [0.25, 0.3) is 0 Å². The van der Waals surface area contributed by atoms with E-state index in [0.717, 1.165) is 17.5 Å². The fourth-order valence-corrected chi connectivity index (χ4v) is 4.17. The van der Waals surface area contributed by atoms with Gasteiger partial charge >= 0.3 is 0 Å². The van der Waals surface area contributed by atoms with Gasteiger partial charge in [0.15, 0.2) is 0 Å². The van der Waals surface area contributed by atoms with Crippen LogP contribution >= 0.6 is 12.2 Å². The summed E-state index contributed by atoms with van der Waals surface area (Å²) in [5, 5.41) is 2.41. The Hall–Kier alpha value is -2.02. The second-order valence-electron chi connectivity index (χ2n) is 7.31. The number of aliphatic imine (C=N–C) groups is 1. The Morgan fingerprint density at radius 3 is 2.15 bits per heavy atom. The summed E-state index contributed by atoms with van der Waals surface area (Å²) >= 11 is 4.65. The van der Waals surface area contributed by atoms with E-state index < -0.39 is 0 Å². The zero-order chi connectivity index (χ0) is 18.2. The number of isothiocyanates is 1. The van der Waals surface area contributed by atoms with E-state index in [1.54, 1.807) is 0 Å². The van der Waals surface area contributed by atoms with Crippen LogP contribution in [-0.4, -0.2) is 5.16 Å². The molecule has 1 aliphatic rings. The number of hydrogen-bond donors (Lipinski definition) is 0. The number of hydrogen-bond acceptors (Lipinski definition) is 2. The standard InChI is InChI=1S/C24H27NS/c1-2-3-4-5-19-6-8-20(9-7-19)21-10-12-22(13-11-21)23-14-16-24(17-15-23)25-18-26/h2,10-17,19-20H,1,3-9H2. The van der Waals surface area contributed by atoms with Crippen LogP contribution in [-0.2, 0) is 0 Å². The molecule has 0 unspecified atom stereocenters. The third-order valence-electron chi connectivity index (χ3n) is 5.62. The average Bonchev–Trinajstić information content (AvgIpc) is 2.70. The molecule has 134 valence electrons. The number of unbranched alkanes of at least 4 members (excludes halogenated alkanes) is 1. The van der Waals surface area contributed by atoms with Gasteiger partial charge in [0.2, 0.25) is 0 Å². The molecule has 2 aromatic rings. The molecular formula is C24H27NS. The Morgan fingerprint density at radius 1 is 0.962 bits per heavy atom. The van der Waals surface area contributed by atoms with Crippen LogP contribution in [0, 0.1) is 5.92 Å². The Balaban J connectivity index is 1.58. The molecule has 0 N–H and O–H groups in total. The Labute approximate surface area is 162 Å². The van der Waals surface area contributed by atoms with E-state index >= 15 is 0 Å². The molecule has 3 rings (SSSR count). The van der Waals surface area contributed by atoms with Crippen molar-refractivity contribution in [1.29, 1.82) is 0 Å². The van der Waals surface area contributed by atoms with E-state index in [1.807, 2.05) is 18.2 Å². The smallest absolute Gasteiger partial charge is 0.0739 e. The summed E-state index contributed by atoms with van der Waals surface area (Å²) < 4.78 is 0. The molecule has 0 bridgehead atoms. The van der Waals surface area contributed by atoms with Crippen LogP contribution in [0.15, 0.2) is 66.2 Å². The monoisotopic (exact) mass is 361 g/mol. The quantitative estimate of drug-likeness (QED) is 0.213. The highest BCUT2D eigenvalue weighted by Crippen LogP contribution is 2.38. The largest absolute Gasteiger partial charge is 0.195 e. The zero-order valence-electron chi connectivity index (χ0n) is 15.4. The van der Waals surface area contributed by atoms with Crippen LogP contribution in [0.25, 0.3) is 11.1 Å². The fraction of sp³-hybridized carbons (Fsp3) is 0.375. The second-order valence-corrected chi connectivity index (χ2v) is 7.49. The van der Waals surface area contributed by atoms with Crippen molar-refractivity contribution in [3.8, 4) is 11.1 Å². The highest BCUT2D eigenvalue weighted by Gasteiger charge is 2.21. The Morgan fingerprint density at radius 2 is 1.58 bits per heavy atom. The van der Waals surface area contributed by atoms with Crippen molar-refractivity contribution in [2.75, 3.05) is 0 Å². The van der Waals surface area contributed by atoms with Gasteiger partial charge in [0.05, 0.1) is 10.8 Å². The van der Waals surface area contributed by atoms with E-state index in [2.05, 4.69) is 65.3 Å². The molecule has 0 heterocycles. The van der Waals surface area contributed by atoms with Crippen LogP contribution < -0.4 is 0 Å². The Kier molecular flexibility index (Phi) is 6.94. The molecule has 0 spiro atoms. The molecule has 0 radical (unpaired) electrons. The molecule has 26 heavy (non-hydrogen) atoms. The first kappa shape index (κ1) is 18.8. The van der Waals surface area contributed by atoms with Gasteiger partial charge < -0.3 is 0 Å². The third kappa shape index (κ3) is 5.00. The molecule has 0 aliphatic heterocycles. The first-order chi connectivity index (χ1) is 12.8. The molecule has 1 saturated carbocycles. The lowest BCUT2D eigenvalue weighted by molar-refractivity contribution is 0.306. The van der Waals surface area contributed by atoms with Gasteiger partial charge in [-0.15, -0.1) is 6.58 Å². The van der Waals surface area contributed by atoms with Gasteiger partial charge in [-0.25, -0.2) is 0 Å². The van der Waals surface area contributed by atoms with Crippen molar-refractivity contribution in [2.24, 2.45) is 10.9 Å². The minimum Gasteiger partial charge on any atom is -0.195 e. The zero-order valence-corrected chi connectivity index (χ0v) is 16.2. The molecule has 0 aromatic heterocycles. The summed E-state index contributed by atoms with van der Waals surface area (Å²) in [5.41, 5.74) is 4.82. The fourth-order valence-electron chi connectivity index (χ4n) is 4.06. The molecule has 0 atom stereocenters. The van der Waals surface area contributed by atoms with Crippen LogP contribution in [0.1, 0.15) is 56.4 Å². The maximum Gasteiger partial charge on any atom is 0.0739 e. The minimum absolute atomic E-state index is 0.735. The average molecular weight is 362 g/mol. The van der Waals surface area contributed by atoms with E-state index in [4.69, 9.17) is 0 Å². The number of benzene rings is 2. The van der Waals surface area contributed by atoms with Crippen molar-refractivity contribution in [2.45, 2.75) is 50.9 Å². The summed E-state index contributed by atoms with van der Waals surface area (Å²) in [6.07, 6.45) is 11.3. The van der Waals surface area contributed by atoms with Gasteiger partial charge in [-0.3, -0.25) is 0 Å². The highest BCUT2D eigenvalue weighted by atomic mass is 32.1. The molecule has 0 amide bonds. The van der Waals surface area contributed by atoms with E-state index in [0.29, 0.717) is 0 Å². The highest BCUT2D eigenvalue weighted by molar-refractivity contribution is 7.78. The lowest BCUT2D eigenvalue weighted by atomic mass is 9.77. The van der Waals surface area contributed by atoms with Crippen molar-refractivity contribution in [1.82, 2.24) is 0 Å². The number of allylic oxidation sites excluding steroid dienone is 1. The van der Waals surface area contributed by atoms with E-state index in [9.17, 15) is 0 Å². The predicted molar refractivity (Wildman–Crippen MR) is 115 cm³/mol. The maximum atomic E-state index is 4.65. The van der Waals surface area contributed by atoms with Crippen molar-refractivity contribution in [3.05, 3.63) is 66.7 Å². The van der Waals surface area contributed by atoms with Crippen LogP contribution in [0.3, 0.4) is 0 Å². The molecule has 2 aromatic carbocycles. The first-order valence-electron chi connectivity index (χ1n) is 9.69. The van der Waals surface area contributed by atoms with Crippen molar-refractivity contribution >= 4 is 23.1 Å². The van der Waals surface area contributed by atoms with Gasteiger partial charge in [0, 0.05) is 0 Å². The van der Waals surface area contributed by atoms with Crippen LogP contribution in [0.4, 0.5) is 5.69 Å². The summed E-state index contributed by atoms with van der Waals surface area (Å²) in [7, 11) is 0. The summed E-state index contributed by atoms with van der Waals surface area (Å²) in [5.74, 6) is 1.66. The van der Waals surface area contributed by atoms with Gasteiger partial charge in [0.1, 0.15) is 0 Å². The van der Waals surface area contributed by atoms with Crippen LogP contribution in [0.2, 0.25) is 0 Å². The normalized spacial score (nSPS) is 19.5. The van der Waals surface area contributed by atoms with Crippen LogP contribution in [0.5, 0.6) is 0 Å². The molecule has 1 fully saturated rings. The van der Waals surface area contributed by atoms with Crippen molar-refractivity contribution in [3.63, 3.8) is 0 Å². The van der Waals surface area contributed by atoms with Gasteiger partial charge in [-0.2, -0.15) is 4.99 Å². The minimum atomic E-state index is 0.735.